The van der Waals surface area contributed by atoms with Gasteiger partial charge in [-0.3, -0.25) is 9.59 Å². The van der Waals surface area contributed by atoms with Gasteiger partial charge in [-0.25, -0.2) is 9.78 Å². The third kappa shape index (κ3) is 4.90. The van der Waals surface area contributed by atoms with E-state index in [2.05, 4.69) is 20.6 Å². The fourth-order valence-electron chi connectivity index (χ4n) is 3.41. The number of carboxylic acid groups (broad SMARTS) is 1. The molecule has 2 aromatic carbocycles. The van der Waals surface area contributed by atoms with Crippen molar-refractivity contribution in [2.24, 2.45) is 0 Å². The van der Waals surface area contributed by atoms with Gasteiger partial charge in [0.05, 0.1) is 5.52 Å². The molecule has 0 aliphatic carbocycles. The number of carbonyl (C=O) groups is 2. The first-order valence-electron chi connectivity index (χ1n) is 10.4. The maximum atomic E-state index is 12.6. The zero-order valence-electron chi connectivity index (χ0n) is 17.8. The first-order chi connectivity index (χ1) is 15.9. The van der Waals surface area contributed by atoms with Crippen molar-refractivity contribution < 1.29 is 14.7 Å². The number of rotatable bonds is 7. The molecular formula is C25H22N4O4. The molecule has 4 N–H and O–H groups in total. The molecule has 8 heteroatoms. The standard InChI is InChI=1S/C25H22N4O4/c1-15(28-24(31)18-9-7-17(8-10-18)16-5-3-2-4-6-16)13-27-21-12-11-20-22(29-21)23(30)19(14-26-20)25(32)33/h2-12,14-15H,13H2,1H3,(H,26,30)(H,27,29)(H,28,31)(H,32,33)/t15-/m0/s1. The van der Waals surface area contributed by atoms with Crippen molar-refractivity contribution in [1.29, 1.82) is 0 Å². The number of amides is 1. The first kappa shape index (κ1) is 21.8. The Morgan fingerprint density at radius 3 is 2.39 bits per heavy atom. The number of nitrogens with zero attached hydrogens (tertiary/aromatic N) is 1. The predicted octanol–water partition coefficient (Wildman–Crippen LogP) is 3.52. The summed E-state index contributed by atoms with van der Waals surface area (Å²) in [5.41, 5.74) is 2.12. The van der Waals surface area contributed by atoms with E-state index in [1.54, 1.807) is 24.3 Å². The first-order valence-corrected chi connectivity index (χ1v) is 10.4. The van der Waals surface area contributed by atoms with Crippen LogP contribution in [0.25, 0.3) is 22.2 Å². The van der Waals surface area contributed by atoms with Gasteiger partial charge in [-0.1, -0.05) is 42.5 Å². The molecule has 0 aliphatic heterocycles. The smallest absolute Gasteiger partial charge is 0.341 e. The largest absolute Gasteiger partial charge is 0.477 e. The van der Waals surface area contributed by atoms with Crippen LogP contribution in [0.15, 0.2) is 77.7 Å². The number of hydrogen-bond acceptors (Lipinski definition) is 5. The lowest BCUT2D eigenvalue weighted by Crippen LogP contribution is -2.37. The van der Waals surface area contributed by atoms with Gasteiger partial charge in [0.2, 0.25) is 5.43 Å². The van der Waals surface area contributed by atoms with Crippen molar-refractivity contribution >= 4 is 28.7 Å². The van der Waals surface area contributed by atoms with E-state index in [9.17, 15) is 14.4 Å². The monoisotopic (exact) mass is 442 g/mol. The van der Waals surface area contributed by atoms with Crippen LogP contribution in [-0.4, -0.2) is 39.5 Å². The van der Waals surface area contributed by atoms with Crippen LogP contribution in [0.4, 0.5) is 5.82 Å². The number of carbonyl (C=O) groups excluding carboxylic acids is 1. The second-order valence-corrected chi connectivity index (χ2v) is 7.63. The minimum absolute atomic E-state index is 0.0371. The number of anilines is 1. The zero-order valence-corrected chi connectivity index (χ0v) is 17.8. The van der Waals surface area contributed by atoms with Gasteiger partial charge in [0.1, 0.15) is 16.9 Å². The fraction of sp³-hybridized carbons (Fsp3) is 0.120. The molecule has 0 radical (unpaired) electrons. The molecule has 0 unspecified atom stereocenters. The number of pyridine rings is 2. The summed E-state index contributed by atoms with van der Waals surface area (Å²) in [7, 11) is 0. The normalized spacial score (nSPS) is 11.7. The van der Waals surface area contributed by atoms with Crippen molar-refractivity contribution in [3.63, 3.8) is 0 Å². The number of benzene rings is 2. The third-order valence-corrected chi connectivity index (χ3v) is 5.18. The highest BCUT2D eigenvalue weighted by molar-refractivity contribution is 5.95. The van der Waals surface area contributed by atoms with Crippen LogP contribution in [0.1, 0.15) is 27.6 Å². The molecular weight excluding hydrogens is 420 g/mol. The van der Waals surface area contributed by atoms with Crippen LogP contribution in [0.5, 0.6) is 0 Å². The van der Waals surface area contributed by atoms with Crippen LogP contribution < -0.4 is 16.1 Å². The fourth-order valence-corrected chi connectivity index (χ4v) is 3.41. The topological polar surface area (TPSA) is 124 Å². The maximum absolute atomic E-state index is 12.6. The molecule has 0 bridgehead atoms. The molecule has 4 aromatic rings. The van der Waals surface area contributed by atoms with E-state index >= 15 is 0 Å². The molecule has 1 amide bonds. The number of aromatic nitrogens is 2. The molecule has 0 fully saturated rings. The highest BCUT2D eigenvalue weighted by atomic mass is 16.4. The van der Waals surface area contributed by atoms with Crippen LogP contribution >= 0.6 is 0 Å². The number of aromatic amines is 1. The summed E-state index contributed by atoms with van der Waals surface area (Å²) < 4.78 is 0. The number of H-pyrrole nitrogens is 1. The van der Waals surface area contributed by atoms with Crippen molar-refractivity contribution in [3.05, 3.63) is 94.3 Å². The highest BCUT2D eigenvalue weighted by Crippen LogP contribution is 2.19. The minimum Gasteiger partial charge on any atom is -0.477 e. The molecule has 0 saturated carbocycles. The van der Waals surface area contributed by atoms with Gasteiger partial charge in [-0.15, -0.1) is 0 Å². The lowest BCUT2D eigenvalue weighted by molar-refractivity contribution is 0.0695. The number of aromatic carboxylic acids is 1. The lowest BCUT2D eigenvalue weighted by atomic mass is 10.0. The van der Waals surface area contributed by atoms with Gasteiger partial charge in [0.15, 0.2) is 0 Å². The Morgan fingerprint density at radius 1 is 1.00 bits per heavy atom. The number of hydrogen-bond donors (Lipinski definition) is 4. The summed E-state index contributed by atoms with van der Waals surface area (Å²) in [4.78, 5) is 43.1. The Kier molecular flexibility index (Phi) is 6.17. The Bertz CT molecular complexity index is 1370. The van der Waals surface area contributed by atoms with Crippen LogP contribution in [0, 0.1) is 0 Å². The third-order valence-electron chi connectivity index (χ3n) is 5.18. The maximum Gasteiger partial charge on any atom is 0.341 e. The number of fused-ring (bicyclic) bond motifs is 1. The summed E-state index contributed by atoms with van der Waals surface area (Å²) in [5.74, 6) is -1.10. The van der Waals surface area contributed by atoms with E-state index < -0.39 is 11.4 Å². The van der Waals surface area contributed by atoms with E-state index in [1.807, 2.05) is 49.4 Å². The number of nitrogens with one attached hydrogen (secondary N) is 3. The highest BCUT2D eigenvalue weighted by Gasteiger charge is 2.14. The van der Waals surface area contributed by atoms with Crippen LogP contribution in [0.2, 0.25) is 0 Å². The average molecular weight is 442 g/mol. The van der Waals surface area contributed by atoms with E-state index in [0.29, 0.717) is 23.4 Å². The molecule has 8 nitrogen and oxygen atoms in total. The SMILES string of the molecule is C[C@@H](CNc1ccc2[nH]cc(C(=O)O)c(=O)c2n1)NC(=O)c1ccc(-c2ccccc2)cc1. The minimum atomic E-state index is -1.31. The van der Waals surface area contributed by atoms with E-state index in [0.717, 1.165) is 17.3 Å². The summed E-state index contributed by atoms with van der Waals surface area (Å²) in [6, 6.07) is 20.4. The quantitative estimate of drug-likeness (QED) is 0.347. The zero-order chi connectivity index (χ0) is 23.4. The molecule has 4 rings (SSSR count). The summed E-state index contributed by atoms with van der Waals surface area (Å²) in [6.07, 6.45) is 1.16. The summed E-state index contributed by atoms with van der Waals surface area (Å²) >= 11 is 0. The molecule has 0 saturated heterocycles. The van der Waals surface area contributed by atoms with E-state index in [1.165, 1.54) is 0 Å². The Morgan fingerprint density at radius 2 is 1.70 bits per heavy atom. The molecule has 0 aliphatic rings. The Labute approximate surface area is 189 Å². The average Bonchev–Trinajstić information content (AvgIpc) is 2.83. The van der Waals surface area contributed by atoms with Crippen molar-refractivity contribution in [2.45, 2.75) is 13.0 Å². The summed E-state index contributed by atoms with van der Waals surface area (Å²) in [5, 5.41) is 15.1. The van der Waals surface area contributed by atoms with E-state index in [4.69, 9.17) is 5.11 Å². The van der Waals surface area contributed by atoms with Gasteiger partial charge >= 0.3 is 5.97 Å². The molecule has 2 heterocycles. The second kappa shape index (κ2) is 9.35. The molecule has 1 atom stereocenters. The van der Waals surface area contributed by atoms with Crippen molar-refractivity contribution in [3.8, 4) is 11.1 Å². The molecule has 2 aromatic heterocycles. The Balaban J connectivity index is 1.39. The van der Waals surface area contributed by atoms with Crippen LogP contribution in [0.3, 0.4) is 0 Å². The van der Waals surface area contributed by atoms with Crippen molar-refractivity contribution in [2.75, 3.05) is 11.9 Å². The second-order valence-electron chi connectivity index (χ2n) is 7.63. The molecule has 166 valence electrons. The predicted molar refractivity (Wildman–Crippen MR) is 127 cm³/mol. The van der Waals surface area contributed by atoms with Gasteiger partial charge < -0.3 is 20.7 Å². The van der Waals surface area contributed by atoms with Gasteiger partial charge in [-0.05, 0) is 42.3 Å². The summed E-state index contributed by atoms with van der Waals surface area (Å²) in [6.45, 7) is 2.21. The van der Waals surface area contributed by atoms with Gasteiger partial charge in [0, 0.05) is 24.3 Å². The lowest BCUT2D eigenvalue weighted by Gasteiger charge is -2.15. The molecule has 33 heavy (non-hydrogen) atoms. The van der Waals surface area contributed by atoms with Gasteiger partial charge in [0.25, 0.3) is 5.91 Å². The van der Waals surface area contributed by atoms with Gasteiger partial charge in [-0.2, -0.15) is 0 Å². The number of carboxylic acids is 1. The Hall–Kier alpha value is -4.46. The van der Waals surface area contributed by atoms with E-state index in [-0.39, 0.29) is 23.0 Å². The molecule has 0 spiro atoms. The van der Waals surface area contributed by atoms with Crippen LogP contribution in [-0.2, 0) is 0 Å². The van der Waals surface area contributed by atoms with Crippen molar-refractivity contribution in [1.82, 2.24) is 15.3 Å².